The van der Waals surface area contributed by atoms with Crippen LogP contribution in [0, 0.1) is 6.92 Å². The molecular formula is C10H11N3O. The molecule has 0 saturated heterocycles. The van der Waals surface area contributed by atoms with Crippen LogP contribution in [0.4, 0.5) is 6.01 Å². The van der Waals surface area contributed by atoms with Gasteiger partial charge < -0.3 is 9.84 Å². The molecule has 4 heteroatoms. The summed E-state index contributed by atoms with van der Waals surface area (Å²) in [5.41, 5.74) is 1.18. The first-order valence-corrected chi connectivity index (χ1v) is 4.43. The molecular weight excluding hydrogens is 178 g/mol. The molecule has 0 aliphatic rings. The molecule has 0 aliphatic heterocycles. The minimum atomic E-state index is 0.464. The largest absolute Gasteiger partial charge is 0.334 e. The predicted octanol–water partition coefficient (Wildman–Crippen LogP) is 1.99. The van der Waals surface area contributed by atoms with Gasteiger partial charge in [-0.1, -0.05) is 35.5 Å². The minimum Gasteiger partial charge on any atom is -0.334 e. The molecule has 0 aliphatic carbocycles. The van der Waals surface area contributed by atoms with Crippen LogP contribution < -0.4 is 5.32 Å². The zero-order valence-electron chi connectivity index (χ0n) is 7.90. The Kier molecular flexibility index (Phi) is 2.44. The Morgan fingerprint density at radius 3 is 2.71 bits per heavy atom. The first-order chi connectivity index (χ1) is 6.84. The third kappa shape index (κ3) is 2.10. The molecule has 0 bridgehead atoms. The lowest BCUT2D eigenvalue weighted by Gasteiger charge is -1.99. The fourth-order valence-corrected chi connectivity index (χ4v) is 1.14. The molecule has 0 saturated carbocycles. The van der Waals surface area contributed by atoms with Gasteiger partial charge in [0.05, 0.1) is 0 Å². The van der Waals surface area contributed by atoms with E-state index in [-0.39, 0.29) is 0 Å². The van der Waals surface area contributed by atoms with Gasteiger partial charge in [0, 0.05) is 6.54 Å². The summed E-state index contributed by atoms with van der Waals surface area (Å²) >= 11 is 0. The van der Waals surface area contributed by atoms with Crippen LogP contribution in [0.25, 0.3) is 0 Å². The lowest BCUT2D eigenvalue weighted by atomic mass is 10.2. The van der Waals surface area contributed by atoms with Crippen LogP contribution in [0.5, 0.6) is 0 Å². The molecule has 0 atom stereocenters. The Balaban J connectivity index is 1.95. The van der Waals surface area contributed by atoms with Gasteiger partial charge in [-0.3, -0.25) is 0 Å². The normalized spacial score (nSPS) is 10.1. The van der Waals surface area contributed by atoms with E-state index >= 15 is 0 Å². The van der Waals surface area contributed by atoms with Crippen molar-refractivity contribution >= 4 is 6.01 Å². The number of rotatable bonds is 3. The summed E-state index contributed by atoms with van der Waals surface area (Å²) in [7, 11) is 0. The number of nitrogens with one attached hydrogen (secondary N) is 1. The van der Waals surface area contributed by atoms with Crippen molar-refractivity contribution in [3.8, 4) is 0 Å². The van der Waals surface area contributed by atoms with Gasteiger partial charge in [0.1, 0.15) is 0 Å². The van der Waals surface area contributed by atoms with Gasteiger partial charge >= 0.3 is 6.01 Å². The van der Waals surface area contributed by atoms with E-state index in [1.54, 1.807) is 6.92 Å². The van der Waals surface area contributed by atoms with E-state index in [1.165, 1.54) is 5.56 Å². The van der Waals surface area contributed by atoms with Gasteiger partial charge in [0.25, 0.3) is 0 Å². The van der Waals surface area contributed by atoms with Crippen LogP contribution in [-0.4, -0.2) is 10.1 Å². The highest BCUT2D eigenvalue weighted by Gasteiger charge is 2.00. The van der Waals surface area contributed by atoms with Gasteiger partial charge in [-0.15, -0.1) is 0 Å². The van der Waals surface area contributed by atoms with Crippen LogP contribution in [0.2, 0.25) is 0 Å². The Bertz CT molecular complexity index is 397. The first kappa shape index (κ1) is 8.74. The van der Waals surface area contributed by atoms with Crippen LogP contribution in [0.1, 0.15) is 11.4 Å². The molecule has 4 nitrogen and oxygen atoms in total. The van der Waals surface area contributed by atoms with Gasteiger partial charge in [-0.25, -0.2) is 0 Å². The van der Waals surface area contributed by atoms with Gasteiger partial charge in [0.2, 0.25) is 0 Å². The Morgan fingerprint density at radius 2 is 2.07 bits per heavy atom. The summed E-state index contributed by atoms with van der Waals surface area (Å²) in [6, 6.07) is 10.5. The molecule has 0 radical (unpaired) electrons. The fraction of sp³-hybridized carbons (Fsp3) is 0.200. The number of anilines is 1. The molecule has 0 unspecified atom stereocenters. The molecule has 2 rings (SSSR count). The number of hydrogen-bond acceptors (Lipinski definition) is 4. The monoisotopic (exact) mass is 189 g/mol. The number of aryl methyl sites for hydroxylation is 1. The first-order valence-electron chi connectivity index (χ1n) is 4.43. The third-order valence-corrected chi connectivity index (χ3v) is 1.81. The molecule has 0 fully saturated rings. The van der Waals surface area contributed by atoms with E-state index < -0.39 is 0 Å². The third-order valence-electron chi connectivity index (χ3n) is 1.81. The average molecular weight is 189 g/mol. The Morgan fingerprint density at radius 1 is 1.29 bits per heavy atom. The Labute approximate surface area is 82.0 Å². The standard InChI is InChI=1S/C10H11N3O/c1-8-12-10(14-13-8)11-7-9-5-3-2-4-6-9/h2-6H,7H2,1H3,(H,11,12,13). The zero-order chi connectivity index (χ0) is 9.80. The zero-order valence-corrected chi connectivity index (χ0v) is 7.90. The van der Waals surface area contributed by atoms with E-state index in [0.717, 1.165) is 0 Å². The van der Waals surface area contributed by atoms with Crippen molar-refractivity contribution in [3.05, 3.63) is 41.7 Å². The van der Waals surface area contributed by atoms with Gasteiger partial charge in [-0.2, -0.15) is 4.98 Å². The molecule has 1 aromatic heterocycles. The van der Waals surface area contributed by atoms with Crippen LogP contribution in [0.15, 0.2) is 34.9 Å². The maximum atomic E-state index is 4.91. The van der Waals surface area contributed by atoms with Gasteiger partial charge in [0.15, 0.2) is 5.82 Å². The number of benzene rings is 1. The summed E-state index contributed by atoms with van der Waals surface area (Å²) in [5.74, 6) is 0.639. The minimum absolute atomic E-state index is 0.464. The Hall–Kier alpha value is -1.84. The van der Waals surface area contributed by atoms with Crippen molar-refractivity contribution in [3.63, 3.8) is 0 Å². The number of aromatic nitrogens is 2. The topological polar surface area (TPSA) is 51.0 Å². The second-order valence-electron chi connectivity index (χ2n) is 2.99. The van der Waals surface area contributed by atoms with Crippen molar-refractivity contribution < 1.29 is 4.52 Å². The molecule has 1 heterocycles. The predicted molar refractivity (Wildman–Crippen MR) is 52.8 cm³/mol. The molecule has 1 N–H and O–H groups in total. The molecule has 2 aromatic rings. The molecule has 14 heavy (non-hydrogen) atoms. The highest BCUT2D eigenvalue weighted by molar-refractivity contribution is 5.23. The molecule has 0 spiro atoms. The van der Waals surface area contributed by atoms with E-state index in [0.29, 0.717) is 18.4 Å². The number of nitrogens with zero attached hydrogens (tertiary/aromatic N) is 2. The van der Waals surface area contributed by atoms with E-state index in [9.17, 15) is 0 Å². The van der Waals surface area contributed by atoms with Crippen molar-refractivity contribution in [1.29, 1.82) is 0 Å². The summed E-state index contributed by atoms with van der Waals surface area (Å²) in [6.07, 6.45) is 0. The van der Waals surface area contributed by atoms with Crippen LogP contribution in [-0.2, 0) is 6.54 Å². The van der Waals surface area contributed by atoms with Crippen LogP contribution in [0.3, 0.4) is 0 Å². The summed E-state index contributed by atoms with van der Waals surface area (Å²) in [4.78, 5) is 4.04. The van der Waals surface area contributed by atoms with Crippen molar-refractivity contribution in [1.82, 2.24) is 10.1 Å². The summed E-state index contributed by atoms with van der Waals surface area (Å²) in [5, 5.41) is 6.72. The SMILES string of the molecule is Cc1noc(NCc2ccccc2)n1. The maximum Gasteiger partial charge on any atom is 0.321 e. The van der Waals surface area contributed by atoms with Crippen molar-refractivity contribution in [2.45, 2.75) is 13.5 Å². The van der Waals surface area contributed by atoms with Crippen molar-refractivity contribution in [2.24, 2.45) is 0 Å². The quantitative estimate of drug-likeness (QED) is 0.802. The summed E-state index contributed by atoms with van der Waals surface area (Å²) < 4.78 is 4.91. The highest BCUT2D eigenvalue weighted by Crippen LogP contribution is 2.05. The summed E-state index contributed by atoms with van der Waals surface area (Å²) in [6.45, 7) is 2.49. The number of hydrogen-bond donors (Lipinski definition) is 1. The smallest absolute Gasteiger partial charge is 0.321 e. The second-order valence-corrected chi connectivity index (χ2v) is 2.99. The lowest BCUT2D eigenvalue weighted by molar-refractivity contribution is 0.425. The van der Waals surface area contributed by atoms with E-state index in [4.69, 9.17) is 4.52 Å². The van der Waals surface area contributed by atoms with E-state index in [1.807, 2.05) is 30.3 Å². The van der Waals surface area contributed by atoms with E-state index in [2.05, 4.69) is 15.5 Å². The molecule has 1 aromatic carbocycles. The van der Waals surface area contributed by atoms with Gasteiger partial charge in [-0.05, 0) is 12.5 Å². The lowest BCUT2D eigenvalue weighted by Crippen LogP contribution is -1.98. The molecule has 72 valence electrons. The fourth-order valence-electron chi connectivity index (χ4n) is 1.14. The van der Waals surface area contributed by atoms with Crippen molar-refractivity contribution in [2.75, 3.05) is 5.32 Å². The highest BCUT2D eigenvalue weighted by atomic mass is 16.5. The second kappa shape index (κ2) is 3.91. The molecule has 0 amide bonds. The average Bonchev–Trinajstić information content (AvgIpc) is 2.63. The van der Waals surface area contributed by atoms with Crippen LogP contribution >= 0.6 is 0 Å². The maximum absolute atomic E-state index is 4.91.